The van der Waals surface area contributed by atoms with Crippen molar-refractivity contribution in [3.05, 3.63) is 33.8 Å². The molecule has 1 aliphatic heterocycles. The van der Waals surface area contributed by atoms with Gasteiger partial charge in [0.2, 0.25) is 0 Å². The molecule has 6 heteroatoms. The molecular formula is C18H26Cl2N2O2. The number of hydrogen-bond acceptors (Lipinski definition) is 3. The van der Waals surface area contributed by atoms with Crippen molar-refractivity contribution in [2.45, 2.75) is 45.8 Å². The third kappa shape index (κ3) is 6.15. The van der Waals surface area contributed by atoms with Crippen molar-refractivity contribution >= 4 is 29.3 Å². The van der Waals surface area contributed by atoms with Crippen LogP contribution in [0.15, 0.2) is 18.2 Å². The van der Waals surface area contributed by atoms with Gasteiger partial charge in [-0.15, -0.1) is 0 Å². The summed E-state index contributed by atoms with van der Waals surface area (Å²) < 4.78 is 5.42. The fourth-order valence-corrected chi connectivity index (χ4v) is 3.11. The van der Waals surface area contributed by atoms with Crippen molar-refractivity contribution in [3.8, 4) is 0 Å². The number of rotatable bonds is 4. The Hall–Kier alpha value is -0.970. The average Bonchev–Trinajstić information content (AvgIpc) is 2.49. The maximum absolute atomic E-state index is 12.0. The minimum Gasteiger partial charge on any atom is -0.444 e. The molecule has 1 amide bonds. The van der Waals surface area contributed by atoms with Crippen molar-refractivity contribution in [2.24, 2.45) is 5.92 Å². The third-order valence-corrected chi connectivity index (χ3v) is 4.63. The first-order valence-corrected chi connectivity index (χ1v) is 9.13. The van der Waals surface area contributed by atoms with Crippen molar-refractivity contribution in [1.29, 1.82) is 0 Å². The number of nitrogens with zero attached hydrogens (tertiary/aromatic N) is 1. The summed E-state index contributed by atoms with van der Waals surface area (Å²) in [5, 5.41) is 4.87. The third-order valence-electron chi connectivity index (χ3n) is 4.02. The number of carbonyl (C=O) groups excluding carboxylic acids is 1. The van der Waals surface area contributed by atoms with Gasteiger partial charge >= 0.3 is 6.09 Å². The second-order valence-corrected chi connectivity index (χ2v) is 8.12. The number of ether oxygens (including phenoxy) is 1. The second-order valence-electron chi connectivity index (χ2n) is 7.28. The zero-order chi connectivity index (χ0) is 17.7. The van der Waals surface area contributed by atoms with E-state index in [4.69, 9.17) is 27.9 Å². The SMILES string of the molecule is CC(C)(C)OC(=O)N1CCC(CNCc2cc(Cl)ccc2Cl)CC1. The van der Waals surface area contributed by atoms with Crippen LogP contribution in [0.2, 0.25) is 10.0 Å². The van der Waals surface area contributed by atoms with E-state index in [-0.39, 0.29) is 6.09 Å². The molecule has 2 rings (SSSR count). The molecule has 134 valence electrons. The van der Waals surface area contributed by atoms with Gasteiger partial charge in [0.25, 0.3) is 0 Å². The van der Waals surface area contributed by atoms with Crippen LogP contribution in [-0.2, 0) is 11.3 Å². The molecule has 0 saturated carbocycles. The van der Waals surface area contributed by atoms with Crippen molar-refractivity contribution < 1.29 is 9.53 Å². The zero-order valence-corrected chi connectivity index (χ0v) is 16.1. The Labute approximate surface area is 154 Å². The summed E-state index contributed by atoms with van der Waals surface area (Å²) in [4.78, 5) is 13.9. The van der Waals surface area contributed by atoms with Gasteiger partial charge in [0.1, 0.15) is 5.60 Å². The molecule has 1 aliphatic rings. The number of likely N-dealkylation sites (tertiary alicyclic amines) is 1. The van der Waals surface area contributed by atoms with E-state index in [2.05, 4.69) is 5.32 Å². The highest BCUT2D eigenvalue weighted by Gasteiger charge is 2.26. The Morgan fingerprint density at radius 2 is 1.96 bits per heavy atom. The summed E-state index contributed by atoms with van der Waals surface area (Å²) >= 11 is 12.2. The maximum Gasteiger partial charge on any atom is 0.410 e. The van der Waals surface area contributed by atoms with Gasteiger partial charge in [-0.3, -0.25) is 0 Å². The molecule has 1 fully saturated rings. The van der Waals surface area contributed by atoms with Crippen LogP contribution >= 0.6 is 23.2 Å². The molecule has 0 radical (unpaired) electrons. The number of benzene rings is 1. The van der Waals surface area contributed by atoms with Gasteiger partial charge < -0.3 is 15.0 Å². The van der Waals surface area contributed by atoms with Crippen LogP contribution in [0.1, 0.15) is 39.2 Å². The summed E-state index contributed by atoms with van der Waals surface area (Å²) in [6.45, 7) is 8.78. The van der Waals surface area contributed by atoms with Gasteiger partial charge in [-0.05, 0) is 69.8 Å². The van der Waals surface area contributed by atoms with Crippen LogP contribution in [-0.4, -0.2) is 36.2 Å². The van der Waals surface area contributed by atoms with Crippen LogP contribution in [0, 0.1) is 5.92 Å². The monoisotopic (exact) mass is 372 g/mol. The molecule has 1 heterocycles. The summed E-state index contributed by atoms with van der Waals surface area (Å²) in [5.74, 6) is 0.557. The molecule has 24 heavy (non-hydrogen) atoms. The number of carbonyl (C=O) groups is 1. The first kappa shape index (κ1) is 19.4. The first-order chi connectivity index (χ1) is 11.2. The maximum atomic E-state index is 12.0. The molecule has 0 atom stereocenters. The molecule has 4 nitrogen and oxygen atoms in total. The molecule has 0 aromatic heterocycles. The Balaban J connectivity index is 1.72. The van der Waals surface area contributed by atoms with E-state index < -0.39 is 5.60 Å². The van der Waals surface area contributed by atoms with E-state index in [1.54, 1.807) is 11.0 Å². The average molecular weight is 373 g/mol. The van der Waals surface area contributed by atoms with Crippen LogP contribution < -0.4 is 5.32 Å². The first-order valence-electron chi connectivity index (χ1n) is 8.37. The van der Waals surface area contributed by atoms with E-state index in [1.807, 2.05) is 32.9 Å². The number of nitrogens with one attached hydrogen (secondary N) is 1. The summed E-state index contributed by atoms with van der Waals surface area (Å²) in [7, 11) is 0. The van der Waals surface area contributed by atoms with E-state index in [1.165, 1.54) is 0 Å². The molecule has 1 N–H and O–H groups in total. The van der Waals surface area contributed by atoms with Gasteiger partial charge in [0.05, 0.1) is 0 Å². The molecule has 0 aliphatic carbocycles. The number of halogens is 2. The summed E-state index contributed by atoms with van der Waals surface area (Å²) in [6, 6.07) is 5.50. The molecule has 0 bridgehead atoms. The Bertz CT molecular complexity index is 565. The Kier molecular flexibility index (Phi) is 6.79. The number of hydrogen-bond donors (Lipinski definition) is 1. The predicted molar refractivity (Wildman–Crippen MR) is 98.7 cm³/mol. The molecule has 1 aromatic carbocycles. The van der Waals surface area contributed by atoms with E-state index in [0.29, 0.717) is 17.5 Å². The van der Waals surface area contributed by atoms with E-state index in [0.717, 1.165) is 43.1 Å². The molecule has 1 aromatic rings. The lowest BCUT2D eigenvalue weighted by atomic mass is 9.97. The highest BCUT2D eigenvalue weighted by Crippen LogP contribution is 2.22. The summed E-state index contributed by atoms with van der Waals surface area (Å²) in [6.07, 6.45) is 1.75. The van der Waals surface area contributed by atoms with Gasteiger partial charge in [-0.1, -0.05) is 23.2 Å². The van der Waals surface area contributed by atoms with Crippen molar-refractivity contribution in [2.75, 3.05) is 19.6 Å². The largest absolute Gasteiger partial charge is 0.444 e. The number of piperidine rings is 1. The molecule has 0 spiro atoms. The lowest BCUT2D eigenvalue weighted by Gasteiger charge is -2.33. The van der Waals surface area contributed by atoms with Crippen LogP contribution in [0.3, 0.4) is 0 Å². The van der Waals surface area contributed by atoms with Crippen molar-refractivity contribution in [3.63, 3.8) is 0 Å². The van der Waals surface area contributed by atoms with E-state index in [9.17, 15) is 4.79 Å². The lowest BCUT2D eigenvalue weighted by molar-refractivity contribution is 0.0184. The normalized spacial score (nSPS) is 16.3. The zero-order valence-electron chi connectivity index (χ0n) is 14.6. The predicted octanol–water partition coefficient (Wildman–Crippen LogP) is 4.73. The smallest absolute Gasteiger partial charge is 0.410 e. The second kappa shape index (κ2) is 8.41. The fourth-order valence-electron chi connectivity index (χ4n) is 2.74. The fraction of sp³-hybridized carbons (Fsp3) is 0.611. The quantitative estimate of drug-likeness (QED) is 0.830. The van der Waals surface area contributed by atoms with Gasteiger partial charge in [0.15, 0.2) is 0 Å². The minimum absolute atomic E-state index is 0.209. The van der Waals surface area contributed by atoms with E-state index >= 15 is 0 Å². The highest BCUT2D eigenvalue weighted by atomic mass is 35.5. The van der Waals surface area contributed by atoms with Gasteiger partial charge in [0, 0.05) is 29.7 Å². The lowest BCUT2D eigenvalue weighted by Crippen LogP contribution is -2.43. The Morgan fingerprint density at radius 3 is 2.58 bits per heavy atom. The molecule has 1 saturated heterocycles. The summed E-state index contributed by atoms with van der Waals surface area (Å²) in [5.41, 5.74) is 0.571. The Morgan fingerprint density at radius 1 is 1.29 bits per heavy atom. The van der Waals surface area contributed by atoms with Crippen LogP contribution in [0.25, 0.3) is 0 Å². The molecule has 0 unspecified atom stereocenters. The standard InChI is InChI=1S/C18H26Cl2N2O2/c1-18(2,3)24-17(23)22-8-6-13(7-9-22)11-21-12-14-10-15(19)4-5-16(14)20/h4-5,10,13,21H,6-9,11-12H2,1-3H3. The minimum atomic E-state index is -0.439. The number of amides is 1. The topological polar surface area (TPSA) is 41.6 Å². The van der Waals surface area contributed by atoms with Gasteiger partial charge in [-0.2, -0.15) is 0 Å². The molecular weight excluding hydrogens is 347 g/mol. The van der Waals surface area contributed by atoms with Crippen LogP contribution in [0.4, 0.5) is 4.79 Å². The van der Waals surface area contributed by atoms with Crippen molar-refractivity contribution in [1.82, 2.24) is 10.2 Å². The van der Waals surface area contributed by atoms with Gasteiger partial charge in [-0.25, -0.2) is 4.79 Å². The van der Waals surface area contributed by atoms with Crippen LogP contribution in [0.5, 0.6) is 0 Å². The highest BCUT2D eigenvalue weighted by molar-refractivity contribution is 6.33.